The number of para-hydroxylation sites is 2. The van der Waals surface area contributed by atoms with E-state index in [1.54, 1.807) is 0 Å². The summed E-state index contributed by atoms with van der Waals surface area (Å²) in [6, 6.07) is 8.16. The molecular weight excluding hydrogens is 340 g/mol. The fraction of sp³-hybridized carbons (Fsp3) is 0.476. The molecule has 2 aromatic rings. The van der Waals surface area contributed by atoms with Crippen LogP contribution in [0.5, 0.6) is 0 Å². The Morgan fingerprint density at radius 3 is 2.74 bits per heavy atom. The highest BCUT2D eigenvalue weighted by Crippen LogP contribution is 2.43. The van der Waals surface area contributed by atoms with Crippen LogP contribution in [0.1, 0.15) is 52.4 Å². The lowest BCUT2D eigenvalue weighted by molar-refractivity contribution is -0.543. The lowest BCUT2D eigenvalue weighted by atomic mass is 9.70. The van der Waals surface area contributed by atoms with Gasteiger partial charge >= 0.3 is 12.0 Å². The number of benzene rings is 1. The zero-order valence-electron chi connectivity index (χ0n) is 15.8. The number of nitrogens with zero attached hydrogens (tertiary/aromatic N) is 1. The number of aromatic nitrogens is 1. The van der Waals surface area contributed by atoms with Gasteiger partial charge in [0.05, 0.1) is 11.3 Å². The Bertz CT molecular complexity index is 960. The van der Waals surface area contributed by atoms with Crippen molar-refractivity contribution in [1.82, 2.24) is 10.3 Å². The number of anilines is 1. The summed E-state index contributed by atoms with van der Waals surface area (Å²) in [5, 5.41) is 6.71. The highest BCUT2D eigenvalue weighted by atomic mass is 16.4. The molecule has 3 aliphatic rings. The molecule has 1 aromatic heterocycles. The normalized spacial score (nSPS) is 23.3. The van der Waals surface area contributed by atoms with Crippen LogP contribution in [-0.4, -0.2) is 22.3 Å². The van der Waals surface area contributed by atoms with Gasteiger partial charge in [-0.25, -0.2) is 5.32 Å². The second kappa shape index (κ2) is 5.68. The first-order valence-corrected chi connectivity index (χ1v) is 9.76. The summed E-state index contributed by atoms with van der Waals surface area (Å²) < 4.78 is 5.81. The summed E-state index contributed by atoms with van der Waals surface area (Å²) in [6.07, 6.45) is 5.73. The molecule has 0 amide bonds. The first kappa shape index (κ1) is 16.5. The summed E-state index contributed by atoms with van der Waals surface area (Å²) in [6.45, 7) is 4.32. The number of fused-ring (bicyclic) bond motifs is 2. The molecule has 2 aliphatic carbocycles. The van der Waals surface area contributed by atoms with E-state index >= 15 is 0 Å². The van der Waals surface area contributed by atoms with Crippen molar-refractivity contribution >= 4 is 28.9 Å². The molecule has 1 aromatic carbocycles. The molecule has 1 spiro atoms. The van der Waals surface area contributed by atoms with Crippen LogP contribution in [0.25, 0.3) is 11.1 Å². The maximum absolute atomic E-state index is 13.0. The van der Waals surface area contributed by atoms with Crippen LogP contribution in [0.2, 0.25) is 0 Å². The average Bonchev–Trinajstić information content (AvgIpc) is 3.19. The van der Waals surface area contributed by atoms with Gasteiger partial charge in [-0.2, -0.15) is 10.3 Å². The number of rotatable bonds is 1. The third-order valence-electron chi connectivity index (χ3n) is 5.98. The van der Waals surface area contributed by atoms with Gasteiger partial charge in [0.25, 0.3) is 0 Å². The van der Waals surface area contributed by atoms with Gasteiger partial charge < -0.3 is 4.42 Å². The summed E-state index contributed by atoms with van der Waals surface area (Å²) in [4.78, 5) is 21.1. The predicted octanol–water partition coefficient (Wildman–Crippen LogP) is 2.24. The number of nitrogens with one attached hydrogen (secondary N) is 3. The lowest BCUT2D eigenvalue weighted by Crippen LogP contribution is -2.92. The van der Waals surface area contributed by atoms with Crippen molar-refractivity contribution in [3.8, 4) is 0 Å². The number of oxazole rings is 1. The van der Waals surface area contributed by atoms with Gasteiger partial charge in [-0.15, -0.1) is 0 Å². The van der Waals surface area contributed by atoms with Gasteiger partial charge in [0.15, 0.2) is 11.4 Å². The van der Waals surface area contributed by atoms with Crippen molar-refractivity contribution < 1.29 is 14.2 Å². The van der Waals surface area contributed by atoms with Crippen molar-refractivity contribution in [3.05, 3.63) is 35.5 Å². The molecule has 1 saturated carbocycles. The molecule has 0 bridgehead atoms. The fourth-order valence-corrected chi connectivity index (χ4v) is 4.92. The molecule has 6 nitrogen and oxygen atoms in total. The Hall–Kier alpha value is -2.63. The van der Waals surface area contributed by atoms with Gasteiger partial charge in [0.1, 0.15) is 11.1 Å². The smallest absolute Gasteiger partial charge is 0.365 e. The van der Waals surface area contributed by atoms with Gasteiger partial charge in [0, 0.05) is 12.8 Å². The minimum atomic E-state index is -0.261. The number of ketones is 1. The fourth-order valence-electron chi connectivity index (χ4n) is 4.92. The van der Waals surface area contributed by atoms with Crippen molar-refractivity contribution in [3.63, 3.8) is 0 Å². The van der Waals surface area contributed by atoms with E-state index in [-0.39, 0.29) is 16.7 Å². The summed E-state index contributed by atoms with van der Waals surface area (Å²) in [7, 11) is 0. The Kier molecular flexibility index (Phi) is 3.48. The lowest BCUT2D eigenvalue weighted by Gasteiger charge is -2.39. The number of hydrogen-bond acceptors (Lipinski definition) is 5. The van der Waals surface area contributed by atoms with Gasteiger partial charge in [0.2, 0.25) is 0 Å². The third-order valence-corrected chi connectivity index (χ3v) is 5.98. The van der Waals surface area contributed by atoms with E-state index in [2.05, 4.69) is 34.5 Å². The summed E-state index contributed by atoms with van der Waals surface area (Å²) in [5.41, 5.74) is 3.31. The van der Waals surface area contributed by atoms with E-state index in [9.17, 15) is 4.79 Å². The van der Waals surface area contributed by atoms with E-state index in [0.717, 1.165) is 60.4 Å². The molecule has 1 fully saturated rings. The van der Waals surface area contributed by atoms with E-state index in [4.69, 9.17) is 4.42 Å². The van der Waals surface area contributed by atoms with Gasteiger partial charge in [-0.1, -0.05) is 26.0 Å². The predicted molar refractivity (Wildman–Crippen MR) is 103 cm³/mol. The van der Waals surface area contributed by atoms with E-state index in [1.807, 2.05) is 24.3 Å². The minimum absolute atomic E-state index is 0.0250. The molecular formula is C21H25N4O2+. The highest BCUT2D eigenvalue weighted by Gasteiger charge is 2.50. The number of carbonyl (C=O) groups is 1. The summed E-state index contributed by atoms with van der Waals surface area (Å²) >= 11 is 0. The molecule has 5 rings (SSSR count). The van der Waals surface area contributed by atoms with Crippen LogP contribution in [0.4, 0.5) is 6.01 Å². The number of Topliss-reactive ketones (excluding diaryl/α,β-unsaturated/α-hetero) is 1. The topological polar surface area (TPSA) is 81.1 Å². The minimum Gasteiger partial charge on any atom is -0.412 e. The van der Waals surface area contributed by atoms with Crippen LogP contribution in [0, 0.1) is 5.41 Å². The molecule has 0 atom stereocenters. The SMILES string of the molecule is CC1(C)CC(=O)C2=C(C1)NC(Nc1nc3ccccc3o1)=[NH+]C21CCCC1. The first-order valence-electron chi connectivity index (χ1n) is 9.76. The molecule has 2 heterocycles. The second-order valence-corrected chi connectivity index (χ2v) is 8.82. The zero-order chi connectivity index (χ0) is 18.6. The van der Waals surface area contributed by atoms with Crippen molar-refractivity contribution in [1.29, 1.82) is 0 Å². The first-order chi connectivity index (χ1) is 12.9. The second-order valence-electron chi connectivity index (χ2n) is 8.82. The maximum atomic E-state index is 13.0. The third kappa shape index (κ3) is 2.74. The standard InChI is InChI=1S/C21H24N4O2/c1-20(2)11-14-17(15(26)12-20)21(9-5-6-10-21)25-18(22-14)24-19-23-13-7-3-4-8-16(13)27-19/h3-4,7-8H,5-6,9-12H2,1-2H3,(H2,22,23,24,25)/p+1. The number of allylic oxidation sites excluding steroid dienone is 1. The Morgan fingerprint density at radius 1 is 1.19 bits per heavy atom. The van der Waals surface area contributed by atoms with E-state index < -0.39 is 0 Å². The quantitative estimate of drug-likeness (QED) is 0.722. The van der Waals surface area contributed by atoms with Crippen LogP contribution >= 0.6 is 0 Å². The maximum Gasteiger partial charge on any atom is 0.365 e. The monoisotopic (exact) mass is 365 g/mol. The van der Waals surface area contributed by atoms with Crippen molar-refractivity contribution in [2.75, 3.05) is 5.32 Å². The molecule has 0 radical (unpaired) electrons. The van der Waals surface area contributed by atoms with Crippen LogP contribution in [0.3, 0.4) is 0 Å². The van der Waals surface area contributed by atoms with Crippen LogP contribution in [0.15, 0.2) is 40.0 Å². The summed E-state index contributed by atoms with van der Waals surface area (Å²) in [5.74, 6) is 1.04. The van der Waals surface area contributed by atoms with Crippen molar-refractivity contribution in [2.24, 2.45) is 5.41 Å². The molecule has 6 heteroatoms. The van der Waals surface area contributed by atoms with Crippen LogP contribution < -0.4 is 15.6 Å². The Labute approximate surface area is 158 Å². The van der Waals surface area contributed by atoms with Crippen LogP contribution in [-0.2, 0) is 4.79 Å². The largest absolute Gasteiger partial charge is 0.412 e. The number of hydrogen-bond donors (Lipinski definition) is 3. The highest BCUT2D eigenvalue weighted by molar-refractivity contribution is 6.02. The molecule has 140 valence electrons. The Balaban J connectivity index is 1.52. The van der Waals surface area contributed by atoms with E-state index in [1.165, 1.54) is 0 Å². The Morgan fingerprint density at radius 2 is 1.96 bits per heavy atom. The molecule has 27 heavy (non-hydrogen) atoms. The zero-order valence-corrected chi connectivity index (χ0v) is 15.8. The van der Waals surface area contributed by atoms with Crippen molar-refractivity contribution in [2.45, 2.75) is 57.9 Å². The number of carbonyl (C=O) groups excluding carboxylic acids is 1. The molecule has 0 saturated heterocycles. The molecule has 1 aliphatic heterocycles. The molecule has 0 unspecified atom stereocenters. The molecule has 3 N–H and O–H groups in total. The van der Waals surface area contributed by atoms with Gasteiger partial charge in [-0.05, 0) is 43.2 Å². The average molecular weight is 365 g/mol. The number of guanidine groups is 1. The van der Waals surface area contributed by atoms with Gasteiger partial charge in [-0.3, -0.25) is 9.79 Å². The van der Waals surface area contributed by atoms with E-state index in [0.29, 0.717) is 12.4 Å².